The SMILES string of the molecule is COC(=O)c1ccc(N=C2SC(=Cc3cc(C)n(-c4ccc(OC)cc4)c3C)C(=O)N2C)cc1. The van der Waals surface area contributed by atoms with E-state index in [-0.39, 0.29) is 5.91 Å². The van der Waals surface area contributed by atoms with Crippen LogP contribution in [0.2, 0.25) is 0 Å². The second-order valence-corrected chi connectivity index (χ2v) is 8.78. The first-order valence-corrected chi connectivity index (χ1v) is 11.4. The lowest BCUT2D eigenvalue weighted by Crippen LogP contribution is -2.23. The van der Waals surface area contributed by atoms with Crippen LogP contribution in [-0.2, 0) is 9.53 Å². The average Bonchev–Trinajstić information content (AvgIpc) is 3.28. The number of likely N-dealkylation sites (N-methyl/N-ethyl adjacent to an activating group) is 1. The third-order valence-corrected chi connectivity index (χ3v) is 6.66. The molecule has 0 radical (unpaired) electrons. The van der Waals surface area contributed by atoms with Gasteiger partial charge >= 0.3 is 5.97 Å². The van der Waals surface area contributed by atoms with Crippen molar-refractivity contribution in [2.75, 3.05) is 21.3 Å². The van der Waals surface area contributed by atoms with Crippen molar-refractivity contribution in [3.05, 3.63) is 82.0 Å². The number of amides is 1. The maximum atomic E-state index is 12.9. The van der Waals surface area contributed by atoms with Gasteiger partial charge in [0.1, 0.15) is 5.75 Å². The molecule has 2 heterocycles. The summed E-state index contributed by atoms with van der Waals surface area (Å²) in [5, 5.41) is 0.575. The number of aryl methyl sites for hydroxylation is 1. The smallest absolute Gasteiger partial charge is 0.337 e. The number of hydrogen-bond acceptors (Lipinski definition) is 6. The second kappa shape index (κ2) is 9.61. The highest BCUT2D eigenvalue weighted by Gasteiger charge is 2.30. The van der Waals surface area contributed by atoms with E-state index in [1.54, 1.807) is 38.4 Å². The maximum Gasteiger partial charge on any atom is 0.337 e. The molecule has 1 aliphatic rings. The van der Waals surface area contributed by atoms with E-state index in [1.165, 1.54) is 23.8 Å². The molecular weight excluding hydrogens is 450 g/mol. The lowest BCUT2D eigenvalue weighted by Gasteiger charge is -2.10. The molecule has 0 N–H and O–H groups in total. The molecule has 1 aromatic heterocycles. The topological polar surface area (TPSA) is 73.1 Å². The van der Waals surface area contributed by atoms with Crippen molar-refractivity contribution in [3.8, 4) is 11.4 Å². The minimum absolute atomic E-state index is 0.107. The number of benzene rings is 2. The summed E-state index contributed by atoms with van der Waals surface area (Å²) < 4.78 is 12.1. The molecule has 0 unspecified atom stereocenters. The van der Waals surface area contributed by atoms with Crippen LogP contribution in [-0.4, -0.2) is 47.8 Å². The van der Waals surface area contributed by atoms with Gasteiger partial charge in [-0.25, -0.2) is 9.79 Å². The van der Waals surface area contributed by atoms with Gasteiger partial charge in [0.05, 0.1) is 30.4 Å². The molecule has 0 aliphatic carbocycles. The molecule has 7 nitrogen and oxygen atoms in total. The van der Waals surface area contributed by atoms with Gasteiger partial charge in [-0.2, -0.15) is 0 Å². The van der Waals surface area contributed by atoms with Crippen molar-refractivity contribution in [3.63, 3.8) is 0 Å². The zero-order valence-electron chi connectivity index (χ0n) is 19.7. The third-order valence-electron chi connectivity index (χ3n) is 5.60. The number of aromatic nitrogens is 1. The number of hydrogen-bond donors (Lipinski definition) is 0. The molecule has 1 fully saturated rings. The lowest BCUT2D eigenvalue weighted by atomic mass is 10.2. The van der Waals surface area contributed by atoms with Gasteiger partial charge in [-0.15, -0.1) is 0 Å². The Bertz CT molecular complexity index is 1310. The van der Waals surface area contributed by atoms with Crippen molar-refractivity contribution < 1.29 is 19.1 Å². The van der Waals surface area contributed by atoms with Gasteiger partial charge in [0.25, 0.3) is 5.91 Å². The normalized spacial score (nSPS) is 15.9. The van der Waals surface area contributed by atoms with Gasteiger partial charge in [0, 0.05) is 24.1 Å². The number of aliphatic imine (C=N–C) groups is 1. The van der Waals surface area contributed by atoms with E-state index in [2.05, 4.69) is 15.6 Å². The minimum Gasteiger partial charge on any atom is -0.497 e. The predicted molar refractivity (Wildman–Crippen MR) is 135 cm³/mol. The van der Waals surface area contributed by atoms with Crippen LogP contribution < -0.4 is 4.74 Å². The van der Waals surface area contributed by atoms with E-state index in [0.717, 1.165) is 28.4 Å². The molecule has 4 rings (SSSR count). The molecule has 1 aliphatic heterocycles. The quantitative estimate of drug-likeness (QED) is 0.378. The Morgan fingerprint density at radius 2 is 1.71 bits per heavy atom. The fourth-order valence-electron chi connectivity index (χ4n) is 3.76. The minimum atomic E-state index is -0.404. The second-order valence-electron chi connectivity index (χ2n) is 7.77. The van der Waals surface area contributed by atoms with Gasteiger partial charge in [-0.3, -0.25) is 9.69 Å². The van der Waals surface area contributed by atoms with Crippen molar-refractivity contribution >= 4 is 40.6 Å². The van der Waals surface area contributed by atoms with E-state index in [1.807, 2.05) is 44.2 Å². The van der Waals surface area contributed by atoms with Crippen LogP contribution in [0.5, 0.6) is 5.75 Å². The molecule has 0 spiro atoms. The van der Waals surface area contributed by atoms with Gasteiger partial charge < -0.3 is 14.0 Å². The fraction of sp³-hybridized carbons (Fsp3) is 0.192. The Labute approximate surface area is 202 Å². The number of amidine groups is 1. The monoisotopic (exact) mass is 475 g/mol. The van der Waals surface area contributed by atoms with Gasteiger partial charge in [0.2, 0.25) is 0 Å². The summed E-state index contributed by atoms with van der Waals surface area (Å²) in [6.45, 7) is 4.08. The first-order chi connectivity index (χ1) is 16.3. The van der Waals surface area contributed by atoms with Crippen molar-refractivity contribution in [1.82, 2.24) is 9.47 Å². The Morgan fingerprint density at radius 1 is 1.03 bits per heavy atom. The van der Waals surface area contributed by atoms with Crippen molar-refractivity contribution in [2.24, 2.45) is 4.99 Å². The molecule has 174 valence electrons. The van der Waals surface area contributed by atoms with E-state index in [0.29, 0.717) is 21.3 Å². The lowest BCUT2D eigenvalue weighted by molar-refractivity contribution is -0.121. The van der Waals surface area contributed by atoms with Crippen LogP contribution in [0.3, 0.4) is 0 Å². The van der Waals surface area contributed by atoms with Gasteiger partial charge in [0.15, 0.2) is 5.17 Å². The number of esters is 1. The van der Waals surface area contributed by atoms with Crippen LogP contribution in [0.25, 0.3) is 11.8 Å². The van der Waals surface area contributed by atoms with E-state index in [9.17, 15) is 9.59 Å². The summed E-state index contributed by atoms with van der Waals surface area (Å²) in [4.78, 5) is 31.3. The molecule has 3 aromatic rings. The van der Waals surface area contributed by atoms with E-state index in [4.69, 9.17) is 9.47 Å². The first-order valence-electron chi connectivity index (χ1n) is 10.6. The summed E-state index contributed by atoms with van der Waals surface area (Å²) in [5.41, 5.74) is 5.20. The number of ether oxygens (including phenoxy) is 2. The van der Waals surface area contributed by atoms with Gasteiger partial charge in [-0.05, 0) is 91.8 Å². The fourth-order valence-corrected chi connectivity index (χ4v) is 4.73. The third kappa shape index (κ3) is 4.49. The summed E-state index contributed by atoms with van der Waals surface area (Å²) in [6, 6.07) is 16.7. The Balaban J connectivity index is 1.61. The highest BCUT2D eigenvalue weighted by molar-refractivity contribution is 8.18. The molecular formula is C26H25N3O4S. The standard InChI is InChI=1S/C26H25N3O4S/c1-16-14-19(17(2)29(16)21-10-12-22(32-4)13-11-21)15-23-24(30)28(3)26(34-23)27-20-8-6-18(7-9-20)25(31)33-5/h6-15H,1-5H3. The average molecular weight is 476 g/mol. The molecule has 8 heteroatoms. The molecule has 0 saturated carbocycles. The first kappa shape index (κ1) is 23.4. The Hall–Kier alpha value is -3.78. The summed E-state index contributed by atoms with van der Waals surface area (Å²) in [5.74, 6) is 0.291. The Kier molecular flexibility index (Phi) is 6.61. The highest BCUT2D eigenvalue weighted by Crippen LogP contribution is 2.34. The van der Waals surface area contributed by atoms with Crippen LogP contribution in [0.1, 0.15) is 27.3 Å². The number of rotatable bonds is 5. The number of carbonyl (C=O) groups excluding carboxylic acids is 2. The molecule has 1 saturated heterocycles. The van der Waals surface area contributed by atoms with Crippen LogP contribution in [0, 0.1) is 13.8 Å². The largest absolute Gasteiger partial charge is 0.497 e. The number of methoxy groups -OCH3 is 2. The summed E-state index contributed by atoms with van der Waals surface area (Å²) in [7, 11) is 4.70. The number of thioether (sulfide) groups is 1. The zero-order chi connectivity index (χ0) is 24.4. The maximum absolute atomic E-state index is 12.9. The van der Waals surface area contributed by atoms with Crippen molar-refractivity contribution in [1.29, 1.82) is 0 Å². The zero-order valence-corrected chi connectivity index (χ0v) is 20.5. The van der Waals surface area contributed by atoms with Gasteiger partial charge in [-0.1, -0.05) is 0 Å². The Morgan fingerprint density at radius 3 is 2.32 bits per heavy atom. The van der Waals surface area contributed by atoms with E-state index >= 15 is 0 Å². The molecule has 1 amide bonds. The van der Waals surface area contributed by atoms with Crippen LogP contribution in [0.4, 0.5) is 5.69 Å². The van der Waals surface area contributed by atoms with Crippen molar-refractivity contribution in [2.45, 2.75) is 13.8 Å². The predicted octanol–water partition coefficient (Wildman–Crippen LogP) is 5.12. The highest BCUT2D eigenvalue weighted by atomic mass is 32.2. The molecule has 0 atom stereocenters. The number of nitrogens with zero attached hydrogens (tertiary/aromatic N) is 3. The summed E-state index contributed by atoms with van der Waals surface area (Å²) in [6.07, 6.45) is 1.91. The molecule has 2 aromatic carbocycles. The molecule has 34 heavy (non-hydrogen) atoms. The summed E-state index contributed by atoms with van der Waals surface area (Å²) >= 11 is 1.33. The molecule has 0 bridgehead atoms. The van der Waals surface area contributed by atoms with E-state index < -0.39 is 5.97 Å². The van der Waals surface area contributed by atoms with Crippen LogP contribution in [0.15, 0.2) is 64.5 Å². The van der Waals surface area contributed by atoms with Crippen LogP contribution >= 0.6 is 11.8 Å². The number of carbonyl (C=O) groups is 2.